The number of halogens is 1. The van der Waals surface area contributed by atoms with Crippen molar-refractivity contribution in [3.8, 4) is 11.5 Å². The number of hydrogen-bond donors (Lipinski definition) is 1. The van der Waals surface area contributed by atoms with Crippen LogP contribution in [0.25, 0.3) is 0 Å². The Kier molecular flexibility index (Phi) is 7.12. The average molecular weight is 482 g/mol. The molecular formula is C26H28ClN3O4. The van der Waals surface area contributed by atoms with E-state index in [1.165, 1.54) is 0 Å². The predicted molar refractivity (Wildman–Crippen MR) is 130 cm³/mol. The van der Waals surface area contributed by atoms with Crippen LogP contribution in [-0.2, 0) is 22.6 Å². The Labute approximate surface area is 204 Å². The van der Waals surface area contributed by atoms with Crippen molar-refractivity contribution in [2.45, 2.75) is 31.5 Å². The van der Waals surface area contributed by atoms with Gasteiger partial charge in [-0.3, -0.25) is 9.59 Å². The van der Waals surface area contributed by atoms with E-state index in [-0.39, 0.29) is 24.3 Å². The lowest BCUT2D eigenvalue weighted by molar-refractivity contribution is -0.142. The fraction of sp³-hybridized carbons (Fsp3) is 0.308. The van der Waals surface area contributed by atoms with E-state index < -0.39 is 6.04 Å². The fourth-order valence-electron chi connectivity index (χ4n) is 4.49. The second-order valence-electron chi connectivity index (χ2n) is 8.23. The molecule has 0 saturated carbocycles. The number of aromatic nitrogens is 1. The number of carbonyl (C=O) groups excluding carboxylic acids is 2. The quantitative estimate of drug-likeness (QED) is 0.556. The van der Waals surface area contributed by atoms with Gasteiger partial charge in [0, 0.05) is 37.4 Å². The number of nitrogens with one attached hydrogen (secondary N) is 1. The molecule has 0 fully saturated rings. The zero-order valence-corrected chi connectivity index (χ0v) is 20.2. The van der Waals surface area contributed by atoms with Gasteiger partial charge >= 0.3 is 0 Å². The van der Waals surface area contributed by atoms with E-state index in [2.05, 4.69) is 5.32 Å². The summed E-state index contributed by atoms with van der Waals surface area (Å²) in [7, 11) is 4.75. The molecule has 2 amide bonds. The number of carbonyl (C=O) groups is 2. The van der Waals surface area contributed by atoms with E-state index in [4.69, 9.17) is 21.1 Å². The Bertz CT molecular complexity index is 1160. The van der Waals surface area contributed by atoms with Crippen LogP contribution in [0.5, 0.6) is 11.5 Å². The highest BCUT2D eigenvalue weighted by Crippen LogP contribution is 2.35. The fourth-order valence-corrected chi connectivity index (χ4v) is 4.62. The maximum absolute atomic E-state index is 13.7. The Balaban J connectivity index is 1.67. The van der Waals surface area contributed by atoms with Gasteiger partial charge in [0.1, 0.15) is 6.04 Å². The van der Waals surface area contributed by atoms with Crippen molar-refractivity contribution >= 4 is 23.4 Å². The van der Waals surface area contributed by atoms with Crippen LogP contribution in [0.4, 0.5) is 0 Å². The minimum absolute atomic E-state index is 0.109. The van der Waals surface area contributed by atoms with Crippen LogP contribution >= 0.6 is 11.6 Å². The van der Waals surface area contributed by atoms with Crippen LogP contribution < -0.4 is 14.8 Å². The Morgan fingerprint density at radius 1 is 1.06 bits per heavy atom. The molecule has 1 N–H and O–H groups in total. The van der Waals surface area contributed by atoms with Crippen molar-refractivity contribution < 1.29 is 19.1 Å². The highest BCUT2D eigenvalue weighted by molar-refractivity contribution is 6.30. The summed E-state index contributed by atoms with van der Waals surface area (Å²) in [5.74, 6) is 0.894. The van der Waals surface area contributed by atoms with Crippen molar-refractivity contribution in [3.05, 3.63) is 82.6 Å². The third kappa shape index (κ3) is 4.75. The minimum atomic E-state index is -0.612. The Hall–Kier alpha value is -3.45. The van der Waals surface area contributed by atoms with Crippen molar-refractivity contribution in [1.29, 1.82) is 0 Å². The topological polar surface area (TPSA) is 72.8 Å². The van der Waals surface area contributed by atoms with Gasteiger partial charge in [0.2, 0.25) is 11.8 Å². The summed E-state index contributed by atoms with van der Waals surface area (Å²) in [6.45, 7) is 0.311. The van der Waals surface area contributed by atoms with E-state index in [0.717, 1.165) is 16.7 Å². The minimum Gasteiger partial charge on any atom is -0.493 e. The van der Waals surface area contributed by atoms with E-state index >= 15 is 0 Å². The van der Waals surface area contributed by atoms with E-state index in [1.807, 2.05) is 65.5 Å². The molecular weight excluding hydrogens is 454 g/mol. The zero-order chi connectivity index (χ0) is 24.2. The summed E-state index contributed by atoms with van der Waals surface area (Å²) in [5, 5.41) is 3.35. The largest absolute Gasteiger partial charge is 0.493 e. The van der Waals surface area contributed by atoms with Gasteiger partial charge < -0.3 is 24.3 Å². The zero-order valence-electron chi connectivity index (χ0n) is 19.5. The normalized spacial score (nSPS) is 15.9. The molecule has 7 nitrogen and oxygen atoms in total. The molecule has 0 aliphatic carbocycles. The molecule has 0 spiro atoms. The van der Waals surface area contributed by atoms with Crippen molar-refractivity contribution in [2.75, 3.05) is 21.3 Å². The molecule has 4 rings (SSSR count). The molecule has 0 saturated heterocycles. The van der Waals surface area contributed by atoms with Gasteiger partial charge in [0.25, 0.3) is 0 Å². The molecule has 1 unspecified atom stereocenters. The standard InChI is InChI=1S/C26H28ClN3O4/c1-28-26(32)22-12-18-13-23(33-2)24(34-3)14-19(18)16-30(22)25(31)15-21(29-10-4-5-11-29)17-6-8-20(27)9-7-17/h4-11,13-14,21-22H,12,15-16H2,1-3H3,(H,28,32)/t21?,22-/m0/s1. The summed E-state index contributed by atoms with van der Waals surface area (Å²) in [5.41, 5.74) is 2.87. The molecule has 2 heterocycles. The summed E-state index contributed by atoms with van der Waals surface area (Å²) >= 11 is 6.09. The molecule has 3 aromatic rings. The first-order chi connectivity index (χ1) is 16.4. The molecule has 0 radical (unpaired) electrons. The summed E-state index contributed by atoms with van der Waals surface area (Å²) < 4.78 is 12.9. The molecule has 178 valence electrons. The van der Waals surface area contributed by atoms with Gasteiger partial charge in [-0.25, -0.2) is 0 Å². The van der Waals surface area contributed by atoms with Gasteiger partial charge in [-0.15, -0.1) is 0 Å². The highest BCUT2D eigenvalue weighted by Gasteiger charge is 2.36. The molecule has 34 heavy (non-hydrogen) atoms. The van der Waals surface area contributed by atoms with Gasteiger partial charge in [-0.05, 0) is 53.1 Å². The predicted octanol–water partition coefficient (Wildman–Crippen LogP) is 3.84. The average Bonchev–Trinajstić information content (AvgIpc) is 3.40. The SMILES string of the molecule is CNC(=O)[C@@H]1Cc2cc(OC)c(OC)cc2CN1C(=O)CC(c1ccc(Cl)cc1)n1cccc1. The van der Waals surface area contributed by atoms with E-state index in [0.29, 0.717) is 29.5 Å². The molecule has 0 bridgehead atoms. The first-order valence-corrected chi connectivity index (χ1v) is 11.5. The number of ether oxygens (including phenoxy) is 2. The maximum atomic E-state index is 13.7. The number of fused-ring (bicyclic) bond motifs is 1. The Morgan fingerprint density at radius 2 is 1.68 bits per heavy atom. The third-order valence-electron chi connectivity index (χ3n) is 6.32. The Morgan fingerprint density at radius 3 is 2.26 bits per heavy atom. The second-order valence-corrected chi connectivity index (χ2v) is 8.67. The number of methoxy groups -OCH3 is 2. The summed E-state index contributed by atoms with van der Waals surface area (Å²) in [6, 6.07) is 14.3. The summed E-state index contributed by atoms with van der Waals surface area (Å²) in [6.07, 6.45) is 4.47. The lowest BCUT2D eigenvalue weighted by atomic mass is 9.91. The van der Waals surface area contributed by atoms with E-state index in [9.17, 15) is 9.59 Å². The van der Waals surface area contributed by atoms with Crippen LogP contribution in [0.15, 0.2) is 60.9 Å². The van der Waals surface area contributed by atoms with Crippen LogP contribution in [0.2, 0.25) is 5.02 Å². The van der Waals surface area contributed by atoms with Crippen molar-refractivity contribution in [1.82, 2.24) is 14.8 Å². The van der Waals surface area contributed by atoms with Crippen molar-refractivity contribution in [2.24, 2.45) is 0 Å². The number of benzene rings is 2. The third-order valence-corrected chi connectivity index (χ3v) is 6.57. The number of nitrogens with zero attached hydrogens (tertiary/aromatic N) is 2. The lowest BCUT2D eigenvalue weighted by Gasteiger charge is -2.37. The van der Waals surface area contributed by atoms with Gasteiger partial charge in [0.15, 0.2) is 11.5 Å². The highest BCUT2D eigenvalue weighted by atomic mass is 35.5. The van der Waals surface area contributed by atoms with Crippen LogP contribution in [0, 0.1) is 0 Å². The molecule has 2 aromatic carbocycles. The van der Waals surface area contributed by atoms with Crippen LogP contribution in [0.1, 0.15) is 29.2 Å². The number of likely N-dealkylation sites (N-methyl/N-ethyl adjacent to an activating group) is 1. The summed E-state index contributed by atoms with van der Waals surface area (Å²) in [4.78, 5) is 28.2. The number of hydrogen-bond acceptors (Lipinski definition) is 4. The van der Waals surface area contributed by atoms with Gasteiger partial charge in [-0.2, -0.15) is 0 Å². The monoisotopic (exact) mass is 481 g/mol. The number of amides is 2. The second kappa shape index (κ2) is 10.2. The van der Waals surface area contributed by atoms with E-state index in [1.54, 1.807) is 26.2 Å². The molecule has 1 aliphatic rings. The van der Waals surface area contributed by atoms with Gasteiger partial charge in [0.05, 0.1) is 26.7 Å². The van der Waals surface area contributed by atoms with Crippen molar-refractivity contribution in [3.63, 3.8) is 0 Å². The maximum Gasteiger partial charge on any atom is 0.242 e. The first kappa shape index (κ1) is 23.7. The molecule has 1 aliphatic heterocycles. The first-order valence-electron chi connectivity index (χ1n) is 11.1. The van der Waals surface area contributed by atoms with Gasteiger partial charge in [-0.1, -0.05) is 23.7 Å². The molecule has 2 atom stereocenters. The van der Waals surface area contributed by atoms with Crippen LogP contribution in [-0.4, -0.2) is 48.6 Å². The molecule has 1 aromatic heterocycles. The molecule has 8 heteroatoms. The number of rotatable bonds is 7. The lowest BCUT2D eigenvalue weighted by Crippen LogP contribution is -2.52. The smallest absolute Gasteiger partial charge is 0.242 e. The van der Waals surface area contributed by atoms with Crippen LogP contribution in [0.3, 0.4) is 0 Å².